The predicted octanol–water partition coefficient (Wildman–Crippen LogP) is 2.21. The minimum absolute atomic E-state index is 0.0228. The third kappa shape index (κ3) is 2.36. The molecule has 1 aromatic heterocycles. The molecule has 0 unspecified atom stereocenters. The number of carbonyl (C=O) groups excluding carboxylic acids is 1. The van der Waals surface area contributed by atoms with Crippen molar-refractivity contribution in [2.75, 3.05) is 7.05 Å². The molecule has 17 heavy (non-hydrogen) atoms. The Kier molecular flexibility index (Phi) is 3.52. The quantitative estimate of drug-likeness (QED) is 0.871. The van der Waals surface area contributed by atoms with Gasteiger partial charge in [-0.2, -0.15) is 0 Å². The fourth-order valence-corrected chi connectivity index (χ4v) is 2.30. The van der Waals surface area contributed by atoms with Crippen LogP contribution < -0.4 is 5.32 Å². The summed E-state index contributed by atoms with van der Waals surface area (Å²) in [4.78, 5) is 14.0. The summed E-state index contributed by atoms with van der Waals surface area (Å²) in [6.07, 6.45) is 2.99. The van der Waals surface area contributed by atoms with Crippen molar-refractivity contribution in [2.45, 2.75) is 45.3 Å². The van der Waals surface area contributed by atoms with Gasteiger partial charge in [0.15, 0.2) is 0 Å². The first-order chi connectivity index (χ1) is 8.13. The minimum Gasteiger partial charge on any atom is -0.463 e. The first-order valence-corrected chi connectivity index (χ1v) is 6.22. The van der Waals surface area contributed by atoms with Gasteiger partial charge in [0.05, 0.1) is 6.04 Å². The third-order valence-corrected chi connectivity index (χ3v) is 3.34. The van der Waals surface area contributed by atoms with Gasteiger partial charge in [0, 0.05) is 0 Å². The molecule has 1 amide bonds. The van der Waals surface area contributed by atoms with E-state index in [4.69, 9.17) is 4.42 Å². The maximum absolute atomic E-state index is 11.9. The Labute approximate surface area is 102 Å². The van der Waals surface area contributed by atoms with Gasteiger partial charge >= 0.3 is 0 Å². The largest absolute Gasteiger partial charge is 0.463 e. The lowest BCUT2D eigenvalue weighted by atomic mass is 10.1. The van der Waals surface area contributed by atoms with E-state index in [0.29, 0.717) is 0 Å². The molecule has 0 saturated carbocycles. The topological polar surface area (TPSA) is 45.5 Å². The van der Waals surface area contributed by atoms with Crippen LogP contribution in [-0.2, 0) is 4.79 Å². The smallest absolute Gasteiger partial charge is 0.238 e. The fraction of sp³-hybridized carbons (Fsp3) is 0.615. The van der Waals surface area contributed by atoms with E-state index in [1.165, 1.54) is 0 Å². The highest BCUT2D eigenvalue weighted by Crippen LogP contribution is 2.27. The number of nitrogens with one attached hydrogen (secondary N) is 1. The summed E-state index contributed by atoms with van der Waals surface area (Å²) in [5.41, 5.74) is 0. The lowest BCUT2D eigenvalue weighted by molar-refractivity contribution is -0.121. The van der Waals surface area contributed by atoms with Gasteiger partial charge in [0.1, 0.15) is 17.7 Å². The van der Waals surface area contributed by atoms with Crippen molar-refractivity contribution in [3.05, 3.63) is 23.7 Å². The lowest BCUT2D eigenvalue weighted by Gasteiger charge is -2.21. The Morgan fingerprint density at radius 2 is 2.24 bits per heavy atom. The second-order valence-electron chi connectivity index (χ2n) is 4.68. The summed E-state index contributed by atoms with van der Waals surface area (Å²) < 4.78 is 5.58. The molecule has 0 spiro atoms. The van der Waals surface area contributed by atoms with E-state index in [9.17, 15) is 4.79 Å². The summed E-state index contributed by atoms with van der Waals surface area (Å²) in [6, 6.07) is 3.83. The van der Waals surface area contributed by atoms with Crippen molar-refractivity contribution < 1.29 is 9.21 Å². The number of likely N-dealkylation sites (N-methyl/N-ethyl adjacent to an activating group) is 1. The molecule has 0 bridgehead atoms. The summed E-state index contributed by atoms with van der Waals surface area (Å²) in [7, 11) is 1.97. The Morgan fingerprint density at radius 1 is 1.47 bits per heavy atom. The number of aryl methyl sites for hydroxylation is 1. The summed E-state index contributed by atoms with van der Waals surface area (Å²) in [6.45, 7) is 4.05. The van der Waals surface area contributed by atoms with Gasteiger partial charge in [-0.05, 0) is 32.5 Å². The molecule has 1 aromatic rings. The normalized spacial score (nSPS) is 25.2. The van der Waals surface area contributed by atoms with Gasteiger partial charge in [0.2, 0.25) is 5.91 Å². The Balaban J connectivity index is 2.09. The lowest BCUT2D eigenvalue weighted by Crippen LogP contribution is -2.30. The van der Waals surface area contributed by atoms with Crippen LogP contribution in [0.3, 0.4) is 0 Å². The number of nitrogens with zero attached hydrogens (tertiary/aromatic N) is 1. The zero-order valence-electron chi connectivity index (χ0n) is 10.7. The van der Waals surface area contributed by atoms with Crippen molar-refractivity contribution in [1.29, 1.82) is 0 Å². The highest BCUT2D eigenvalue weighted by atomic mass is 16.3. The molecule has 0 radical (unpaired) electrons. The monoisotopic (exact) mass is 236 g/mol. The maximum atomic E-state index is 11.9. The average molecular weight is 236 g/mol. The van der Waals surface area contributed by atoms with Crippen LogP contribution in [0.2, 0.25) is 0 Å². The first kappa shape index (κ1) is 12.2. The van der Waals surface area contributed by atoms with Crippen molar-refractivity contribution in [2.24, 2.45) is 0 Å². The van der Waals surface area contributed by atoms with Crippen LogP contribution in [0.5, 0.6) is 0 Å². The maximum Gasteiger partial charge on any atom is 0.238 e. The average Bonchev–Trinajstić information content (AvgIpc) is 2.82. The van der Waals surface area contributed by atoms with E-state index >= 15 is 0 Å². The number of furan rings is 1. The third-order valence-electron chi connectivity index (χ3n) is 3.34. The van der Waals surface area contributed by atoms with Gasteiger partial charge in [-0.25, -0.2) is 0 Å². The van der Waals surface area contributed by atoms with Crippen LogP contribution in [0.25, 0.3) is 0 Å². The van der Waals surface area contributed by atoms with Gasteiger partial charge in [0.25, 0.3) is 0 Å². The highest BCUT2D eigenvalue weighted by molar-refractivity contribution is 5.84. The molecule has 2 rings (SSSR count). The van der Waals surface area contributed by atoms with E-state index < -0.39 is 0 Å². The second kappa shape index (κ2) is 4.92. The molecule has 2 heterocycles. The molecule has 1 saturated heterocycles. The molecule has 0 aliphatic carbocycles. The molecule has 1 aliphatic heterocycles. The Bertz CT molecular complexity index is 400. The number of carbonyl (C=O) groups is 1. The SMILES string of the molecule is CCCC[C@@H]1C(=O)N[C@@H](c2ccc(C)o2)N1C. The van der Waals surface area contributed by atoms with Gasteiger partial charge in [-0.15, -0.1) is 0 Å². The van der Waals surface area contributed by atoms with E-state index in [1.54, 1.807) is 0 Å². The number of hydrogen-bond donors (Lipinski definition) is 1. The Morgan fingerprint density at radius 3 is 2.82 bits per heavy atom. The molecule has 0 aromatic carbocycles. The van der Waals surface area contributed by atoms with Crippen molar-refractivity contribution in [3.8, 4) is 0 Å². The highest BCUT2D eigenvalue weighted by Gasteiger charge is 2.38. The molecule has 94 valence electrons. The number of hydrogen-bond acceptors (Lipinski definition) is 3. The van der Waals surface area contributed by atoms with Crippen molar-refractivity contribution in [1.82, 2.24) is 10.2 Å². The fourth-order valence-electron chi connectivity index (χ4n) is 2.30. The van der Waals surface area contributed by atoms with Crippen molar-refractivity contribution >= 4 is 5.91 Å². The van der Waals surface area contributed by atoms with E-state index in [2.05, 4.69) is 17.1 Å². The number of rotatable bonds is 4. The zero-order chi connectivity index (χ0) is 12.4. The standard InChI is InChI=1S/C13H20N2O2/c1-4-5-6-10-13(16)14-12(15(10)3)11-8-7-9(2)17-11/h7-8,10,12H,4-6H2,1-3H3,(H,14,16)/t10-,12-/m1/s1. The second-order valence-corrected chi connectivity index (χ2v) is 4.68. The van der Waals surface area contributed by atoms with Gasteiger partial charge in [-0.1, -0.05) is 19.8 Å². The molecular formula is C13H20N2O2. The summed E-state index contributed by atoms with van der Waals surface area (Å²) in [5.74, 6) is 1.80. The summed E-state index contributed by atoms with van der Waals surface area (Å²) in [5, 5.41) is 2.99. The molecule has 4 heteroatoms. The zero-order valence-corrected chi connectivity index (χ0v) is 10.7. The van der Waals surface area contributed by atoms with E-state index in [1.807, 2.05) is 26.1 Å². The van der Waals surface area contributed by atoms with Crippen LogP contribution in [0.4, 0.5) is 0 Å². The van der Waals surface area contributed by atoms with Crippen LogP contribution in [0.15, 0.2) is 16.5 Å². The van der Waals surface area contributed by atoms with Crippen LogP contribution in [-0.4, -0.2) is 23.9 Å². The van der Waals surface area contributed by atoms with Crippen molar-refractivity contribution in [3.63, 3.8) is 0 Å². The molecule has 4 nitrogen and oxygen atoms in total. The molecule has 1 N–H and O–H groups in total. The first-order valence-electron chi connectivity index (χ1n) is 6.22. The predicted molar refractivity (Wildman–Crippen MR) is 65.4 cm³/mol. The number of unbranched alkanes of at least 4 members (excludes halogenated alkanes) is 1. The van der Waals surface area contributed by atoms with Crippen LogP contribution in [0, 0.1) is 6.92 Å². The van der Waals surface area contributed by atoms with E-state index in [0.717, 1.165) is 30.8 Å². The molecular weight excluding hydrogens is 216 g/mol. The minimum atomic E-state index is -0.113. The summed E-state index contributed by atoms with van der Waals surface area (Å²) >= 11 is 0. The molecule has 2 atom stereocenters. The number of amides is 1. The van der Waals surface area contributed by atoms with E-state index in [-0.39, 0.29) is 18.1 Å². The van der Waals surface area contributed by atoms with Gasteiger partial charge < -0.3 is 9.73 Å². The van der Waals surface area contributed by atoms with Crippen LogP contribution >= 0.6 is 0 Å². The van der Waals surface area contributed by atoms with Gasteiger partial charge in [-0.3, -0.25) is 9.69 Å². The van der Waals surface area contributed by atoms with Crippen LogP contribution in [0.1, 0.15) is 43.9 Å². The molecule has 1 aliphatic rings. The molecule has 1 fully saturated rings. The Hall–Kier alpha value is -1.29.